The SMILES string of the molecule is O=c1c2cc(N3CCN4CCC3CC4)ccc2nc(C2CC2)n1CCCO. The van der Waals surface area contributed by atoms with Gasteiger partial charge < -0.3 is 14.9 Å². The first-order valence-corrected chi connectivity index (χ1v) is 10.4. The Balaban J connectivity index is 1.57. The summed E-state index contributed by atoms with van der Waals surface area (Å²) in [7, 11) is 0. The van der Waals surface area contributed by atoms with Gasteiger partial charge in [0.25, 0.3) is 5.56 Å². The molecule has 4 fully saturated rings. The fourth-order valence-electron chi connectivity index (χ4n) is 4.73. The van der Waals surface area contributed by atoms with Crippen molar-refractivity contribution in [2.24, 2.45) is 0 Å². The zero-order valence-corrected chi connectivity index (χ0v) is 15.8. The third kappa shape index (κ3) is 3.15. The van der Waals surface area contributed by atoms with Crippen molar-refractivity contribution in [3.05, 3.63) is 34.4 Å². The average Bonchev–Trinajstić information content (AvgIpc) is 3.55. The molecule has 3 aliphatic heterocycles. The molecule has 2 aromatic rings. The van der Waals surface area contributed by atoms with Crippen LogP contribution in [-0.2, 0) is 6.54 Å². The van der Waals surface area contributed by atoms with Crippen molar-refractivity contribution >= 4 is 16.6 Å². The van der Waals surface area contributed by atoms with Crippen molar-refractivity contribution in [2.45, 2.75) is 50.6 Å². The molecule has 0 radical (unpaired) electrons. The molecule has 1 N–H and O–H groups in total. The zero-order valence-electron chi connectivity index (χ0n) is 15.8. The normalized spacial score (nSPS) is 25.1. The third-order valence-corrected chi connectivity index (χ3v) is 6.44. The van der Waals surface area contributed by atoms with Crippen molar-refractivity contribution in [1.82, 2.24) is 14.5 Å². The molecule has 27 heavy (non-hydrogen) atoms. The van der Waals surface area contributed by atoms with Gasteiger partial charge in [0.15, 0.2) is 0 Å². The number of benzene rings is 1. The Hall–Kier alpha value is -1.92. The molecule has 4 aliphatic rings. The van der Waals surface area contributed by atoms with Crippen LogP contribution in [0.15, 0.2) is 23.0 Å². The highest BCUT2D eigenvalue weighted by atomic mass is 16.3. The summed E-state index contributed by atoms with van der Waals surface area (Å²) in [5.74, 6) is 1.32. The van der Waals surface area contributed by atoms with Gasteiger partial charge in [0.05, 0.1) is 10.9 Å². The van der Waals surface area contributed by atoms with E-state index in [1.54, 1.807) is 0 Å². The van der Waals surface area contributed by atoms with E-state index in [4.69, 9.17) is 4.98 Å². The van der Waals surface area contributed by atoms with Gasteiger partial charge in [-0.3, -0.25) is 9.36 Å². The molecule has 144 valence electrons. The number of anilines is 1. The number of piperidine rings is 1. The van der Waals surface area contributed by atoms with Crippen molar-refractivity contribution in [2.75, 3.05) is 37.7 Å². The molecule has 6 rings (SSSR count). The Morgan fingerprint density at radius 2 is 1.89 bits per heavy atom. The Morgan fingerprint density at radius 3 is 2.63 bits per heavy atom. The van der Waals surface area contributed by atoms with Gasteiger partial charge in [0.1, 0.15) is 5.82 Å². The number of nitrogens with zero attached hydrogens (tertiary/aromatic N) is 4. The molecule has 2 bridgehead atoms. The molecule has 0 amide bonds. The topological polar surface area (TPSA) is 61.6 Å². The fraction of sp³-hybridized carbons (Fsp3) is 0.619. The lowest BCUT2D eigenvalue weighted by Gasteiger charge is -2.33. The van der Waals surface area contributed by atoms with Crippen molar-refractivity contribution in [1.29, 1.82) is 0 Å². The lowest BCUT2D eigenvalue weighted by Crippen LogP contribution is -2.38. The summed E-state index contributed by atoms with van der Waals surface area (Å²) in [6.07, 6.45) is 5.23. The molecule has 6 heteroatoms. The first-order valence-electron chi connectivity index (χ1n) is 10.4. The van der Waals surface area contributed by atoms with Gasteiger partial charge in [-0.05, 0) is 50.3 Å². The highest BCUT2D eigenvalue weighted by Gasteiger charge is 2.31. The van der Waals surface area contributed by atoms with E-state index in [1.807, 2.05) is 10.6 Å². The van der Waals surface area contributed by atoms with Crippen LogP contribution in [0.3, 0.4) is 0 Å². The number of fused-ring (bicyclic) bond motifs is 5. The summed E-state index contributed by atoms with van der Waals surface area (Å²) < 4.78 is 1.82. The van der Waals surface area contributed by atoms with Gasteiger partial charge >= 0.3 is 0 Å². The molecule has 0 unspecified atom stereocenters. The lowest BCUT2D eigenvalue weighted by molar-refractivity contribution is 0.250. The molecule has 6 nitrogen and oxygen atoms in total. The number of rotatable bonds is 5. The number of hydrogen-bond donors (Lipinski definition) is 1. The summed E-state index contributed by atoms with van der Waals surface area (Å²) >= 11 is 0. The van der Waals surface area contributed by atoms with E-state index in [-0.39, 0.29) is 12.2 Å². The maximum Gasteiger partial charge on any atom is 0.261 e. The van der Waals surface area contributed by atoms with Crippen LogP contribution in [0.5, 0.6) is 0 Å². The van der Waals surface area contributed by atoms with Crippen LogP contribution in [0.2, 0.25) is 0 Å². The quantitative estimate of drug-likeness (QED) is 0.874. The van der Waals surface area contributed by atoms with E-state index >= 15 is 0 Å². The van der Waals surface area contributed by atoms with Gasteiger partial charge in [-0.15, -0.1) is 0 Å². The maximum absolute atomic E-state index is 13.3. The highest BCUT2D eigenvalue weighted by Crippen LogP contribution is 2.39. The van der Waals surface area contributed by atoms with E-state index in [9.17, 15) is 9.90 Å². The smallest absolute Gasteiger partial charge is 0.261 e. The second-order valence-electron chi connectivity index (χ2n) is 8.25. The molecule has 0 spiro atoms. The van der Waals surface area contributed by atoms with Crippen LogP contribution in [-0.4, -0.2) is 58.4 Å². The summed E-state index contributed by atoms with van der Waals surface area (Å²) in [4.78, 5) is 23.2. The average molecular weight is 368 g/mol. The standard InChI is InChI=1S/C21H28N4O2/c26-13-1-8-25-20(15-2-3-15)22-19-5-4-17(14-18(19)21(25)27)24-12-11-23-9-6-16(24)7-10-23/h4-5,14-16,26H,1-3,6-13H2. The minimum Gasteiger partial charge on any atom is -0.396 e. The second kappa shape index (κ2) is 6.91. The van der Waals surface area contributed by atoms with Gasteiger partial charge in [-0.1, -0.05) is 0 Å². The molecular formula is C21H28N4O2. The second-order valence-corrected chi connectivity index (χ2v) is 8.25. The molecule has 4 heterocycles. The maximum atomic E-state index is 13.3. The van der Waals surface area contributed by atoms with Crippen LogP contribution < -0.4 is 10.5 Å². The lowest BCUT2D eigenvalue weighted by atomic mass is 10.0. The molecule has 1 aromatic carbocycles. The van der Waals surface area contributed by atoms with Crippen LogP contribution in [0.4, 0.5) is 5.69 Å². The van der Waals surface area contributed by atoms with E-state index in [2.05, 4.69) is 21.9 Å². The number of aromatic nitrogens is 2. The monoisotopic (exact) mass is 368 g/mol. The third-order valence-electron chi connectivity index (χ3n) is 6.44. The molecule has 1 aliphatic carbocycles. The number of aliphatic hydroxyl groups is 1. The summed E-state index contributed by atoms with van der Waals surface area (Å²) in [5, 5.41) is 9.95. The van der Waals surface area contributed by atoms with Crippen molar-refractivity contribution < 1.29 is 5.11 Å². The van der Waals surface area contributed by atoms with Crippen LogP contribution in [0.25, 0.3) is 10.9 Å². The van der Waals surface area contributed by atoms with Crippen molar-refractivity contribution in [3.63, 3.8) is 0 Å². The summed E-state index contributed by atoms with van der Waals surface area (Å²) in [5.41, 5.74) is 2.02. The zero-order chi connectivity index (χ0) is 18.4. The first-order chi connectivity index (χ1) is 13.2. The molecule has 0 atom stereocenters. The van der Waals surface area contributed by atoms with Gasteiger partial charge in [0.2, 0.25) is 0 Å². The van der Waals surface area contributed by atoms with Crippen LogP contribution in [0, 0.1) is 0 Å². The van der Waals surface area contributed by atoms with Crippen molar-refractivity contribution in [3.8, 4) is 0 Å². The first kappa shape index (κ1) is 17.2. The molecule has 1 aromatic heterocycles. The van der Waals surface area contributed by atoms with E-state index in [0.29, 0.717) is 30.3 Å². The predicted octanol–water partition coefficient (Wildman–Crippen LogP) is 1.94. The molecule has 1 saturated carbocycles. The Labute approximate surface area is 159 Å². The largest absolute Gasteiger partial charge is 0.396 e. The summed E-state index contributed by atoms with van der Waals surface area (Å²) in [6, 6.07) is 6.82. The minimum atomic E-state index is 0.0556. The van der Waals surface area contributed by atoms with E-state index in [0.717, 1.165) is 43.0 Å². The number of hydrogen-bond acceptors (Lipinski definition) is 5. The minimum absolute atomic E-state index is 0.0556. The molecular weight excluding hydrogens is 340 g/mol. The van der Waals surface area contributed by atoms with Gasteiger partial charge in [-0.25, -0.2) is 4.98 Å². The highest BCUT2D eigenvalue weighted by molar-refractivity contribution is 5.82. The molecule has 3 saturated heterocycles. The predicted molar refractivity (Wildman–Crippen MR) is 106 cm³/mol. The van der Waals surface area contributed by atoms with Crippen LogP contribution in [0.1, 0.15) is 43.8 Å². The van der Waals surface area contributed by atoms with Gasteiger partial charge in [0, 0.05) is 57.0 Å². The summed E-state index contributed by atoms with van der Waals surface area (Å²) in [6.45, 7) is 5.16. The van der Waals surface area contributed by atoms with E-state index < -0.39 is 0 Å². The Morgan fingerprint density at radius 1 is 1.07 bits per heavy atom. The van der Waals surface area contributed by atoms with Gasteiger partial charge in [-0.2, -0.15) is 0 Å². The van der Waals surface area contributed by atoms with Crippen LogP contribution >= 0.6 is 0 Å². The Kier molecular flexibility index (Phi) is 4.40. The number of aliphatic hydroxyl groups excluding tert-OH is 1. The van der Waals surface area contributed by atoms with E-state index in [1.165, 1.54) is 25.9 Å². The fourth-order valence-corrected chi connectivity index (χ4v) is 4.73. The Bertz CT molecular complexity index is 897.